The van der Waals surface area contributed by atoms with Crippen LogP contribution in [0.25, 0.3) is 10.9 Å². The Balaban J connectivity index is 1.72. The topological polar surface area (TPSA) is 51.5 Å². The van der Waals surface area contributed by atoms with Gasteiger partial charge in [-0.3, -0.25) is 9.59 Å². The van der Waals surface area contributed by atoms with Crippen molar-refractivity contribution >= 4 is 22.8 Å². The number of halogens is 1. The van der Waals surface area contributed by atoms with Gasteiger partial charge in [-0.15, -0.1) is 0 Å². The van der Waals surface area contributed by atoms with Gasteiger partial charge in [0.05, 0.1) is 7.11 Å². The molecule has 0 N–H and O–H groups in total. The summed E-state index contributed by atoms with van der Waals surface area (Å²) in [5.74, 6) is -0.292. The van der Waals surface area contributed by atoms with Crippen molar-refractivity contribution in [3.8, 4) is 0 Å². The highest BCUT2D eigenvalue weighted by Crippen LogP contribution is 2.25. The summed E-state index contributed by atoms with van der Waals surface area (Å²) in [7, 11) is 3.21. The van der Waals surface area contributed by atoms with Gasteiger partial charge in [0, 0.05) is 37.5 Å². The monoisotopic (exact) mass is 332 g/mol. The minimum atomic E-state index is -0.310. The second-order valence-corrected chi connectivity index (χ2v) is 6.31. The molecule has 0 bridgehead atoms. The molecule has 24 heavy (non-hydrogen) atoms. The predicted octanol–water partition coefficient (Wildman–Crippen LogP) is 2.73. The third-order valence-corrected chi connectivity index (χ3v) is 4.81. The number of hydrogen-bond acceptors (Lipinski definition) is 3. The molecule has 5 nitrogen and oxygen atoms in total. The Kier molecular flexibility index (Phi) is 4.55. The second-order valence-electron chi connectivity index (χ2n) is 6.31. The van der Waals surface area contributed by atoms with E-state index in [1.54, 1.807) is 21.6 Å². The minimum absolute atomic E-state index is 0.0503. The van der Waals surface area contributed by atoms with Crippen molar-refractivity contribution in [1.29, 1.82) is 0 Å². The Morgan fingerprint density at radius 3 is 2.62 bits per heavy atom. The van der Waals surface area contributed by atoms with Crippen LogP contribution in [0.5, 0.6) is 0 Å². The maximum Gasteiger partial charge on any atom is 0.305 e. The fourth-order valence-electron chi connectivity index (χ4n) is 3.35. The highest BCUT2D eigenvalue weighted by Gasteiger charge is 2.27. The Morgan fingerprint density at radius 1 is 1.25 bits per heavy atom. The molecule has 1 aromatic carbocycles. The molecule has 1 aromatic heterocycles. The van der Waals surface area contributed by atoms with Crippen LogP contribution < -0.4 is 0 Å². The summed E-state index contributed by atoms with van der Waals surface area (Å²) < 4.78 is 19.9. The molecule has 128 valence electrons. The average Bonchev–Trinajstić information content (AvgIpc) is 2.90. The number of ether oxygens (including phenoxy) is 1. The smallest absolute Gasteiger partial charge is 0.305 e. The molecule has 0 unspecified atom stereocenters. The van der Waals surface area contributed by atoms with Crippen LogP contribution in [0.15, 0.2) is 24.3 Å². The summed E-state index contributed by atoms with van der Waals surface area (Å²) in [6, 6.07) is 6.26. The van der Waals surface area contributed by atoms with Crippen LogP contribution in [-0.2, 0) is 16.6 Å². The Bertz CT molecular complexity index is 776. The van der Waals surface area contributed by atoms with E-state index in [9.17, 15) is 14.0 Å². The number of nitrogens with zero attached hydrogens (tertiary/aromatic N) is 2. The number of aromatic nitrogens is 1. The molecular weight excluding hydrogens is 311 g/mol. The quantitative estimate of drug-likeness (QED) is 0.812. The van der Waals surface area contributed by atoms with Crippen LogP contribution in [0.1, 0.15) is 29.8 Å². The lowest BCUT2D eigenvalue weighted by Crippen LogP contribution is -2.39. The normalized spacial score (nSPS) is 15.7. The fraction of sp³-hybridized carbons (Fsp3) is 0.444. The molecule has 1 amide bonds. The molecule has 1 aliphatic rings. The predicted molar refractivity (Wildman–Crippen MR) is 88.1 cm³/mol. The molecule has 3 rings (SSSR count). The molecule has 0 radical (unpaired) electrons. The lowest BCUT2D eigenvalue weighted by atomic mass is 9.93. The van der Waals surface area contributed by atoms with E-state index in [2.05, 4.69) is 0 Å². The van der Waals surface area contributed by atoms with E-state index in [0.29, 0.717) is 25.2 Å². The van der Waals surface area contributed by atoms with Gasteiger partial charge in [-0.05, 0) is 43.0 Å². The first-order chi connectivity index (χ1) is 11.5. The molecule has 6 heteroatoms. The third kappa shape index (κ3) is 3.13. The lowest BCUT2D eigenvalue weighted by Gasteiger charge is -2.31. The van der Waals surface area contributed by atoms with Crippen molar-refractivity contribution < 1.29 is 18.7 Å². The number of piperidine rings is 1. The first-order valence-electron chi connectivity index (χ1n) is 8.10. The number of hydrogen-bond donors (Lipinski definition) is 0. The van der Waals surface area contributed by atoms with E-state index in [1.807, 2.05) is 7.05 Å². The first kappa shape index (κ1) is 16.5. The number of rotatable bonds is 3. The Morgan fingerprint density at radius 2 is 1.96 bits per heavy atom. The standard InChI is InChI=1S/C18H21FN2O3/c1-20-15-4-3-14(19)10-13(15)11-16(20)18(23)21-7-5-12(6-8-21)9-17(22)24-2/h3-4,10-12H,5-9H2,1-2H3. The van der Waals surface area contributed by atoms with Crippen molar-refractivity contribution in [2.75, 3.05) is 20.2 Å². The van der Waals surface area contributed by atoms with E-state index in [0.717, 1.165) is 23.7 Å². The van der Waals surface area contributed by atoms with Crippen molar-refractivity contribution in [3.05, 3.63) is 35.8 Å². The van der Waals surface area contributed by atoms with Gasteiger partial charge >= 0.3 is 5.97 Å². The zero-order chi connectivity index (χ0) is 17.3. The van der Waals surface area contributed by atoms with Gasteiger partial charge in [0.1, 0.15) is 11.5 Å². The van der Waals surface area contributed by atoms with E-state index >= 15 is 0 Å². The molecule has 0 aliphatic carbocycles. The van der Waals surface area contributed by atoms with Crippen molar-refractivity contribution in [3.63, 3.8) is 0 Å². The van der Waals surface area contributed by atoms with Gasteiger partial charge in [-0.25, -0.2) is 4.39 Å². The molecule has 0 spiro atoms. The Labute approximate surface area is 140 Å². The summed E-state index contributed by atoms with van der Waals surface area (Å²) in [5.41, 5.74) is 1.39. The molecular formula is C18H21FN2O3. The zero-order valence-corrected chi connectivity index (χ0v) is 13.9. The maximum absolute atomic E-state index is 13.4. The van der Waals surface area contributed by atoms with Crippen LogP contribution in [0, 0.1) is 11.7 Å². The van der Waals surface area contributed by atoms with Crippen molar-refractivity contribution in [2.45, 2.75) is 19.3 Å². The zero-order valence-electron chi connectivity index (χ0n) is 13.9. The molecule has 2 aromatic rings. The molecule has 1 aliphatic heterocycles. The fourth-order valence-corrected chi connectivity index (χ4v) is 3.35. The number of likely N-dealkylation sites (tertiary alicyclic amines) is 1. The average molecular weight is 332 g/mol. The van der Waals surface area contributed by atoms with Gasteiger partial charge in [-0.1, -0.05) is 0 Å². The number of methoxy groups -OCH3 is 1. The van der Waals surface area contributed by atoms with Crippen LogP contribution >= 0.6 is 0 Å². The number of carbonyl (C=O) groups excluding carboxylic acids is 2. The molecule has 0 saturated carbocycles. The van der Waals surface area contributed by atoms with E-state index in [1.165, 1.54) is 19.2 Å². The van der Waals surface area contributed by atoms with Gasteiger partial charge in [0.15, 0.2) is 0 Å². The van der Waals surface area contributed by atoms with Crippen LogP contribution in [-0.4, -0.2) is 41.5 Å². The SMILES string of the molecule is COC(=O)CC1CCN(C(=O)c2cc3cc(F)ccc3n2C)CC1. The third-order valence-electron chi connectivity index (χ3n) is 4.81. The highest BCUT2D eigenvalue weighted by atomic mass is 19.1. The second kappa shape index (κ2) is 6.63. The Hall–Kier alpha value is -2.37. The maximum atomic E-state index is 13.4. The summed E-state index contributed by atoms with van der Waals surface area (Å²) in [6.07, 6.45) is 1.99. The van der Waals surface area contributed by atoms with Gasteiger partial charge in [0.25, 0.3) is 5.91 Å². The molecule has 0 atom stereocenters. The van der Waals surface area contributed by atoms with Gasteiger partial charge < -0.3 is 14.2 Å². The number of fused-ring (bicyclic) bond motifs is 1. The van der Waals surface area contributed by atoms with E-state index in [-0.39, 0.29) is 23.6 Å². The van der Waals surface area contributed by atoms with Crippen LogP contribution in [0.3, 0.4) is 0 Å². The van der Waals surface area contributed by atoms with Gasteiger partial charge in [0.2, 0.25) is 0 Å². The summed E-state index contributed by atoms with van der Waals surface area (Å²) >= 11 is 0. The first-order valence-corrected chi connectivity index (χ1v) is 8.10. The highest BCUT2D eigenvalue weighted by molar-refractivity contribution is 5.98. The van der Waals surface area contributed by atoms with E-state index < -0.39 is 0 Å². The number of benzene rings is 1. The van der Waals surface area contributed by atoms with Crippen LogP contribution in [0.4, 0.5) is 4.39 Å². The number of aryl methyl sites for hydroxylation is 1. The van der Waals surface area contributed by atoms with Crippen molar-refractivity contribution in [2.24, 2.45) is 13.0 Å². The summed E-state index contributed by atoms with van der Waals surface area (Å²) in [5, 5.41) is 0.724. The largest absolute Gasteiger partial charge is 0.469 e. The van der Waals surface area contributed by atoms with E-state index in [4.69, 9.17) is 4.74 Å². The number of esters is 1. The van der Waals surface area contributed by atoms with Crippen molar-refractivity contribution in [1.82, 2.24) is 9.47 Å². The van der Waals surface area contributed by atoms with Gasteiger partial charge in [-0.2, -0.15) is 0 Å². The number of carbonyl (C=O) groups is 2. The lowest BCUT2D eigenvalue weighted by molar-refractivity contribution is -0.142. The number of amides is 1. The molecule has 1 saturated heterocycles. The molecule has 1 fully saturated rings. The minimum Gasteiger partial charge on any atom is -0.469 e. The molecule has 2 heterocycles. The summed E-state index contributed by atoms with van der Waals surface area (Å²) in [6.45, 7) is 1.24. The van der Waals surface area contributed by atoms with Crippen LogP contribution in [0.2, 0.25) is 0 Å². The summed E-state index contributed by atoms with van der Waals surface area (Å²) in [4.78, 5) is 25.9.